The first-order valence-electron chi connectivity index (χ1n) is 3.96. The lowest BCUT2D eigenvalue weighted by molar-refractivity contribution is 0.112. The Morgan fingerprint density at radius 1 is 1.57 bits per heavy atom. The van der Waals surface area contributed by atoms with Crippen LogP contribution >= 0.6 is 39.0 Å². The summed E-state index contributed by atoms with van der Waals surface area (Å²) in [6.45, 7) is 0. The van der Waals surface area contributed by atoms with Gasteiger partial charge in [-0.05, 0) is 45.1 Å². The molecule has 0 N–H and O–H groups in total. The van der Waals surface area contributed by atoms with Crippen molar-refractivity contribution < 1.29 is 4.79 Å². The number of fused-ring (bicyclic) bond motifs is 1. The number of carbonyl (C=O) groups excluding carboxylic acids is 1. The van der Waals surface area contributed by atoms with E-state index in [-0.39, 0.29) is 0 Å². The molecule has 0 aliphatic carbocycles. The monoisotopic (exact) mass is 286 g/mol. The van der Waals surface area contributed by atoms with Gasteiger partial charge in [0, 0.05) is 19.6 Å². The zero-order chi connectivity index (χ0) is 10.1. The second kappa shape index (κ2) is 4.04. The van der Waals surface area contributed by atoms with Gasteiger partial charge in [-0.1, -0.05) is 0 Å². The van der Waals surface area contributed by atoms with Gasteiger partial charge in [-0.15, -0.1) is 23.1 Å². The number of aldehydes is 1. The van der Waals surface area contributed by atoms with Gasteiger partial charge in [0.05, 0.1) is 0 Å². The Labute approximate surface area is 98.6 Å². The second-order valence-corrected chi connectivity index (χ2v) is 5.32. The fourth-order valence-electron chi connectivity index (χ4n) is 1.34. The number of benzene rings is 1. The molecular weight excluding hydrogens is 280 g/mol. The molecule has 0 saturated carbocycles. The minimum atomic E-state index is 0.757. The van der Waals surface area contributed by atoms with E-state index in [1.807, 2.05) is 11.6 Å². The van der Waals surface area contributed by atoms with Gasteiger partial charge in [-0.25, -0.2) is 0 Å². The van der Waals surface area contributed by atoms with Crippen molar-refractivity contribution in [2.45, 2.75) is 4.90 Å². The van der Waals surface area contributed by atoms with Crippen molar-refractivity contribution in [3.63, 3.8) is 0 Å². The smallest absolute Gasteiger partial charge is 0.152 e. The normalized spacial score (nSPS) is 10.7. The van der Waals surface area contributed by atoms with Crippen LogP contribution in [0.5, 0.6) is 0 Å². The minimum absolute atomic E-state index is 0.757. The Hall–Kier alpha value is -0.320. The third-order valence-corrected chi connectivity index (χ3v) is 4.83. The molecule has 0 fully saturated rings. The summed E-state index contributed by atoms with van der Waals surface area (Å²) in [5.74, 6) is 0. The third-order valence-electron chi connectivity index (χ3n) is 2.02. The lowest BCUT2D eigenvalue weighted by Crippen LogP contribution is -1.86. The van der Waals surface area contributed by atoms with Crippen molar-refractivity contribution in [1.29, 1.82) is 0 Å². The highest BCUT2D eigenvalue weighted by molar-refractivity contribution is 9.10. The second-order valence-electron chi connectivity index (χ2n) is 2.76. The first kappa shape index (κ1) is 10.2. The van der Waals surface area contributed by atoms with Crippen LogP contribution in [0.25, 0.3) is 10.1 Å². The van der Waals surface area contributed by atoms with E-state index in [1.165, 1.54) is 5.39 Å². The molecule has 1 aromatic carbocycles. The number of hydrogen-bond acceptors (Lipinski definition) is 3. The maximum Gasteiger partial charge on any atom is 0.152 e. The Kier molecular flexibility index (Phi) is 2.95. The first-order valence-corrected chi connectivity index (χ1v) is 6.86. The molecule has 0 spiro atoms. The first-order chi connectivity index (χ1) is 6.77. The van der Waals surface area contributed by atoms with Gasteiger partial charge in [-0.2, -0.15) is 0 Å². The highest BCUT2D eigenvalue weighted by Crippen LogP contribution is 2.36. The van der Waals surface area contributed by atoms with Crippen molar-refractivity contribution in [2.75, 3.05) is 6.26 Å². The molecule has 1 aromatic heterocycles. The highest BCUT2D eigenvalue weighted by Gasteiger charge is 2.10. The fraction of sp³-hybridized carbons (Fsp3) is 0.100. The number of thioether (sulfide) groups is 1. The average molecular weight is 287 g/mol. The Morgan fingerprint density at radius 2 is 2.36 bits per heavy atom. The van der Waals surface area contributed by atoms with Crippen LogP contribution in [0.3, 0.4) is 0 Å². The van der Waals surface area contributed by atoms with Crippen LogP contribution in [0.1, 0.15) is 10.4 Å². The van der Waals surface area contributed by atoms with E-state index >= 15 is 0 Å². The van der Waals surface area contributed by atoms with E-state index < -0.39 is 0 Å². The summed E-state index contributed by atoms with van der Waals surface area (Å²) in [5.41, 5.74) is 0.757. The number of thiophene rings is 1. The summed E-state index contributed by atoms with van der Waals surface area (Å²) in [4.78, 5) is 12.0. The maximum atomic E-state index is 10.9. The van der Waals surface area contributed by atoms with E-state index in [0.29, 0.717) is 0 Å². The molecule has 1 heterocycles. The van der Waals surface area contributed by atoms with Gasteiger partial charge in [-0.3, -0.25) is 4.79 Å². The van der Waals surface area contributed by atoms with Gasteiger partial charge in [0.2, 0.25) is 0 Å². The predicted molar refractivity (Wildman–Crippen MR) is 66.7 cm³/mol. The topological polar surface area (TPSA) is 17.1 Å². The molecule has 2 aromatic rings. The van der Waals surface area contributed by atoms with E-state index in [9.17, 15) is 4.79 Å². The summed E-state index contributed by atoms with van der Waals surface area (Å²) in [6, 6.07) is 4.13. The molecule has 4 heteroatoms. The molecule has 0 unspecified atom stereocenters. The lowest BCUT2D eigenvalue weighted by Gasteiger charge is -2.04. The van der Waals surface area contributed by atoms with Crippen molar-refractivity contribution in [3.05, 3.63) is 27.5 Å². The molecule has 2 rings (SSSR count). The maximum absolute atomic E-state index is 10.9. The van der Waals surface area contributed by atoms with Gasteiger partial charge in [0.15, 0.2) is 6.29 Å². The average Bonchev–Trinajstić information content (AvgIpc) is 2.65. The van der Waals surface area contributed by atoms with E-state index in [4.69, 9.17) is 0 Å². The molecule has 0 aliphatic rings. The molecular formula is C10H7BrOS2. The quantitative estimate of drug-likeness (QED) is 0.608. The minimum Gasteiger partial charge on any atom is -0.298 e. The molecule has 0 amide bonds. The van der Waals surface area contributed by atoms with Crippen molar-refractivity contribution in [2.24, 2.45) is 0 Å². The molecule has 0 aliphatic heterocycles. The molecule has 0 saturated heterocycles. The highest BCUT2D eigenvalue weighted by atomic mass is 79.9. The largest absolute Gasteiger partial charge is 0.298 e. The summed E-state index contributed by atoms with van der Waals surface area (Å²) < 4.78 is 2.06. The van der Waals surface area contributed by atoms with Crippen LogP contribution in [-0.2, 0) is 0 Å². The number of rotatable bonds is 2. The number of halogens is 1. The van der Waals surface area contributed by atoms with E-state index in [2.05, 4.69) is 28.1 Å². The van der Waals surface area contributed by atoms with Crippen molar-refractivity contribution in [1.82, 2.24) is 0 Å². The molecule has 72 valence electrons. The predicted octanol–water partition coefficient (Wildman–Crippen LogP) is 4.20. The standard InChI is InChI=1S/C10H7BrOS2/c1-13-8-4-6-2-3-14-10(6)9(11)7(8)5-12/h2-5H,1H3. The van der Waals surface area contributed by atoms with Crippen LogP contribution in [0.15, 0.2) is 26.9 Å². The van der Waals surface area contributed by atoms with Crippen molar-refractivity contribution >= 4 is 55.4 Å². The summed E-state index contributed by atoms with van der Waals surface area (Å²) in [5, 5.41) is 3.23. The SMILES string of the molecule is CSc1cc2ccsc2c(Br)c1C=O. The summed E-state index contributed by atoms with van der Waals surface area (Å²) in [7, 11) is 0. The molecule has 0 bridgehead atoms. The van der Waals surface area contributed by atoms with Crippen LogP contribution < -0.4 is 0 Å². The fourth-order valence-corrected chi connectivity index (χ4v) is 3.73. The number of carbonyl (C=O) groups is 1. The Morgan fingerprint density at radius 3 is 3.00 bits per heavy atom. The van der Waals surface area contributed by atoms with Gasteiger partial charge in [0.1, 0.15) is 0 Å². The Bertz CT molecular complexity index is 490. The molecule has 1 nitrogen and oxygen atoms in total. The van der Waals surface area contributed by atoms with Gasteiger partial charge >= 0.3 is 0 Å². The molecule has 14 heavy (non-hydrogen) atoms. The van der Waals surface area contributed by atoms with Gasteiger partial charge in [0.25, 0.3) is 0 Å². The number of hydrogen-bond donors (Lipinski definition) is 0. The van der Waals surface area contributed by atoms with Crippen LogP contribution in [0.2, 0.25) is 0 Å². The van der Waals surface area contributed by atoms with E-state index in [1.54, 1.807) is 23.1 Å². The van der Waals surface area contributed by atoms with Crippen LogP contribution in [0.4, 0.5) is 0 Å². The third kappa shape index (κ3) is 1.51. The lowest BCUT2D eigenvalue weighted by atomic mass is 10.2. The summed E-state index contributed by atoms with van der Waals surface area (Å²) in [6.07, 6.45) is 2.89. The molecule has 0 radical (unpaired) electrons. The van der Waals surface area contributed by atoms with Crippen molar-refractivity contribution in [3.8, 4) is 0 Å². The zero-order valence-corrected chi connectivity index (χ0v) is 10.6. The van der Waals surface area contributed by atoms with Crippen LogP contribution in [-0.4, -0.2) is 12.5 Å². The molecule has 0 atom stereocenters. The summed E-state index contributed by atoms with van der Waals surface area (Å²) >= 11 is 6.72. The zero-order valence-electron chi connectivity index (χ0n) is 7.41. The van der Waals surface area contributed by atoms with Gasteiger partial charge < -0.3 is 0 Å². The van der Waals surface area contributed by atoms with Crippen LogP contribution in [0, 0.1) is 0 Å². The van der Waals surface area contributed by atoms with E-state index in [0.717, 1.165) is 25.9 Å². The Balaban J connectivity index is 2.85.